The highest BCUT2D eigenvalue weighted by molar-refractivity contribution is 5.80. The molecule has 3 atom stereocenters. The van der Waals surface area contributed by atoms with Crippen molar-refractivity contribution in [2.75, 3.05) is 13.1 Å². The quantitative estimate of drug-likeness (QED) is 0.538. The Morgan fingerprint density at radius 3 is 1.59 bits per heavy atom. The first-order valence-electron chi connectivity index (χ1n) is 9.46. The maximum Gasteiger partial charge on any atom is 0.251 e. The van der Waals surface area contributed by atoms with E-state index in [-0.39, 0.29) is 5.91 Å². The lowest BCUT2D eigenvalue weighted by atomic mass is 9.95. The molecule has 22 heavy (non-hydrogen) atoms. The highest BCUT2D eigenvalue weighted by Gasteiger charge is 2.23. The summed E-state index contributed by atoms with van der Waals surface area (Å²) in [6, 6.07) is 0. The topological polar surface area (TPSA) is 40.5 Å². The number of aliphatic hydroxyl groups excluding tert-OH is 1. The molecule has 0 aromatic rings. The lowest BCUT2D eigenvalue weighted by Crippen LogP contribution is -2.43. The van der Waals surface area contributed by atoms with E-state index >= 15 is 0 Å². The molecule has 0 rings (SSSR count). The second-order valence-corrected chi connectivity index (χ2v) is 6.75. The summed E-state index contributed by atoms with van der Waals surface area (Å²) >= 11 is 0. The van der Waals surface area contributed by atoms with Crippen LogP contribution in [0.5, 0.6) is 0 Å². The normalized spacial score (nSPS) is 15.4. The Hall–Kier alpha value is -0.570. The van der Waals surface area contributed by atoms with Gasteiger partial charge in [0.2, 0.25) is 0 Å². The van der Waals surface area contributed by atoms with Gasteiger partial charge in [-0.2, -0.15) is 0 Å². The maximum atomic E-state index is 12.4. The van der Waals surface area contributed by atoms with Gasteiger partial charge >= 0.3 is 0 Å². The van der Waals surface area contributed by atoms with Crippen molar-refractivity contribution in [2.45, 2.75) is 92.1 Å². The van der Waals surface area contributed by atoms with Gasteiger partial charge in [-0.05, 0) is 31.6 Å². The average Bonchev–Trinajstić information content (AvgIpc) is 2.52. The molecule has 0 saturated carbocycles. The molecule has 0 aromatic heterocycles. The Morgan fingerprint density at radius 2 is 1.32 bits per heavy atom. The van der Waals surface area contributed by atoms with Crippen molar-refractivity contribution in [3.63, 3.8) is 0 Å². The first-order chi connectivity index (χ1) is 10.5. The maximum absolute atomic E-state index is 12.4. The molecular formula is C19H39NO2. The summed E-state index contributed by atoms with van der Waals surface area (Å²) in [5, 5.41) is 9.72. The van der Waals surface area contributed by atoms with Crippen molar-refractivity contribution in [1.82, 2.24) is 4.90 Å². The molecule has 0 aliphatic carbocycles. The van der Waals surface area contributed by atoms with E-state index in [0.717, 1.165) is 25.9 Å². The van der Waals surface area contributed by atoms with E-state index in [1.807, 2.05) is 4.90 Å². The molecule has 1 N–H and O–H groups in total. The number of hydrogen-bond acceptors (Lipinski definition) is 2. The van der Waals surface area contributed by atoms with Crippen molar-refractivity contribution < 1.29 is 9.90 Å². The summed E-state index contributed by atoms with van der Waals surface area (Å²) in [5.74, 6) is 1.03. The van der Waals surface area contributed by atoms with Gasteiger partial charge in [-0.15, -0.1) is 0 Å². The molecule has 0 heterocycles. The molecule has 3 nitrogen and oxygen atoms in total. The fraction of sp³-hybridized carbons (Fsp3) is 0.947. The fourth-order valence-electron chi connectivity index (χ4n) is 2.98. The Kier molecular flexibility index (Phi) is 12.6. The number of aliphatic hydroxyl groups is 1. The van der Waals surface area contributed by atoms with Crippen LogP contribution in [0.3, 0.4) is 0 Å². The third-order valence-corrected chi connectivity index (χ3v) is 4.71. The first-order valence-corrected chi connectivity index (χ1v) is 9.46. The van der Waals surface area contributed by atoms with E-state index < -0.39 is 6.10 Å². The second kappa shape index (κ2) is 12.9. The summed E-state index contributed by atoms with van der Waals surface area (Å²) in [6.07, 6.45) is 8.55. The summed E-state index contributed by atoms with van der Waals surface area (Å²) < 4.78 is 0. The number of amides is 1. The summed E-state index contributed by atoms with van der Waals surface area (Å²) in [7, 11) is 0. The highest BCUT2D eigenvalue weighted by atomic mass is 16.3. The Balaban J connectivity index is 4.75. The van der Waals surface area contributed by atoms with E-state index in [9.17, 15) is 9.90 Å². The molecule has 0 aliphatic heterocycles. The molecule has 3 heteroatoms. The lowest BCUT2D eigenvalue weighted by Gasteiger charge is -2.31. The van der Waals surface area contributed by atoms with Crippen molar-refractivity contribution >= 4 is 5.91 Å². The molecule has 0 aromatic carbocycles. The van der Waals surface area contributed by atoms with Gasteiger partial charge in [-0.25, -0.2) is 0 Å². The van der Waals surface area contributed by atoms with Crippen molar-refractivity contribution in [2.24, 2.45) is 11.8 Å². The molecule has 0 spiro atoms. The van der Waals surface area contributed by atoms with Crippen LogP contribution in [0.1, 0.15) is 86.0 Å². The average molecular weight is 314 g/mol. The van der Waals surface area contributed by atoms with E-state index in [4.69, 9.17) is 0 Å². The minimum absolute atomic E-state index is 0.0927. The van der Waals surface area contributed by atoms with Gasteiger partial charge in [0.25, 0.3) is 5.91 Å². The molecule has 3 unspecified atom stereocenters. The van der Waals surface area contributed by atoms with Crippen LogP contribution >= 0.6 is 0 Å². The minimum atomic E-state index is -0.882. The largest absolute Gasteiger partial charge is 0.384 e. The van der Waals surface area contributed by atoms with E-state index in [1.54, 1.807) is 6.92 Å². The summed E-state index contributed by atoms with van der Waals surface area (Å²) in [5.41, 5.74) is 0. The van der Waals surface area contributed by atoms with Gasteiger partial charge < -0.3 is 10.0 Å². The molecule has 132 valence electrons. The van der Waals surface area contributed by atoms with Gasteiger partial charge in [-0.1, -0.05) is 66.2 Å². The van der Waals surface area contributed by atoms with Gasteiger partial charge in [0.15, 0.2) is 0 Å². The van der Waals surface area contributed by atoms with Crippen LogP contribution in [0.4, 0.5) is 0 Å². The van der Waals surface area contributed by atoms with E-state index in [2.05, 4.69) is 27.7 Å². The van der Waals surface area contributed by atoms with Gasteiger partial charge in [0.1, 0.15) is 6.10 Å². The van der Waals surface area contributed by atoms with Crippen LogP contribution in [0, 0.1) is 11.8 Å². The van der Waals surface area contributed by atoms with Crippen LogP contribution in [-0.4, -0.2) is 35.1 Å². The molecule has 0 fully saturated rings. The fourth-order valence-corrected chi connectivity index (χ4v) is 2.98. The number of nitrogens with zero attached hydrogens (tertiary/aromatic N) is 1. The Labute approximate surface area is 138 Å². The standard InChI is InChI=1S/C19H39NO2/c1-6-10-12-17(8-3)14-20(19(22)16(5)21)15-18(9-4)13-11-7-2/h16-18,21H,6-15H2,1-5H3. The number of carbonyl (C=O) groups is 1. The van der Waals surface area contributed by atoms with E-state index in [1.165, 1.54) is 38.5 Å². The van der Waals surface area contributed by atoms with Crippen LogP contribution in [0.2, 0.25) is 0 Å². The van der Waals surface area contributed by atoms with Crippen molar-refractivity contribution in [3.05, 3.63) is 0 Å². The van der Waals surface area contributed by atoms with Crippen LogP contribution in [-0.2, 0) is 4.79 Å². The SMILES string of the molecule is CCCCC(CC)CN(CC(CC)CCCC)C(=O)C(C)O. The summed E-state index contributed by atoms with van der Waals surface area (Å²) in [6.45, 7) is 12.0. The molecule has 0 radical (unpaired) electrons. The van der Waals surface area contributed by atoms with Crippen LogP contribution in [0.25, 0.3) is 0 Å². The van der Waals surface area contributed by atoms with Crippen molar-refractivity contribution in [3.8, 4) is 0 Å². The van der Waals surface area contributed by atoms with Gasteiger partial charge in [-0.3, -0.25) is 4.79 Å². The third kappa shape index (κ3) is 8.77. The molecule has 0 aliphatic rings. The predicted molar refractivity (Wildman–Crippen MR) is 94.9 cm³/mol. The highest BCUT2D eigenvalue weighted by Crippen LogP contribution is 2.19. The van der Waals surface area contributed by atoms with E-state index in [0.29, 0.717) is 11.8 Å². The smallest absolute Gasteiger partial charge is 0.251 e. The Bertz CT molecular complexity index is 261. The molecule has 1 amide bonds. The monoisotopic (exact) mass is 313 g/mol. The Morgan fingerprint density at radius 1 is 0.909 bits per heavy atom. The number of carbonyl (C=O) groups excluding carboxylic acids is 1. The molecule has 0 bridgehead atoms. The van der Waals surface area contributed by atoms with Gasteiger partial charge in [0.05, 0.1) is 0 Å². The van der Waals surface area contributed by atoms with Crippen LogP contribution in [0.15, 0.2) is 0 Å². The third-order valence-electron chi connectivity index (χ3n) is 4.71. The number of rotatable bonds is 13. The molecular weight excluding hydrogens is 274 g/mol. The second-order valence-electron chi connectivity index (χ2n) is 6.75. The zero-order valence-electron chi connectivity index (χ0n) is 15.6. The zero-order valence-corrected chi connectivity index (χ0v) is 15.6. The van der Waals surface area contributed by atoms with Crippen molar-refractivity contribution in [1.29, 1.82) is 0 Å². The van der Waals surface area contributed by atoms with Crippen LogP contribution < -0.4 is 0 Å². The van der Waals surface area contributed by atoms with Gasteiger partial charge in [0, 0.05) is 13.1 Å². The lowest BCUT2D eigenvalue weighted by molar-refractivity contribution is -0.140. The number of unbranched alkanes of at least 4 members (excludes halogenated alkanes) is 2. The minimum Gasteiger partial charge on any atom is -0.384 e. The first kappa shape index (κ1) is 21.4. The number of hydrogen-bond donors (Lipinski definition) is 1. The molecule has 0 saturated heterocycles. The summed E-state index contributed by atoms with van der Waals surface area (Å²) in [4.78, 5) is 14.3. The predicted octanol–water partition coefficient (Wildman–Crippen LogP) is 4.63. The zero-order chi connectivity index (χ0) is 17.0.